The van der Waals surface area contributed by atoms with Gasteiger partial charge in [-0.3, -0.25) is 4.55 Å². The number of para-hydroxylation sites is 8. The number of benzene rings is 6. The fourth-order valence-electron chi connectivity index (χ4n) is 9.96. The Balaban J connectivity index is 1.31. The number of aromatic nitrogens is 6. The third-order valence-electron chi connectivity index (χ3n) is 13.2. The first kappa shape index (κ1) is 45.0. The Morgan fingerprint density at radius 1 is 0.685 bits per heavy atom. The lowest BCUT2D eigenvalue weighted by molar-refractivity contribution is 0.316. The summed E-state index contributed by atoms with van der Waals surface area (Å²) in [4.78, 5) is 14.6. The van der Waals surface area contributed by atoms with Gasteiger partial charge in [0.05, 0.1) is 63.1 Å². The quantitative estimate of drug-likeness (QED) is 0.0577. The molecule has 0 radical (unpaired) electrons. The molecule has 0 amide bonds. The van der Waals surface area contributed by atoms with Crippen molar-refractivity contribution >= 4 is 68.7 Å². The molecule has 73 heavy (non-hydrogen) atoms. The van der Waals surface area contributed by atoms with Crippen LogP contribution in [-0.4, -0.2) is 67.9 Å². The molecule has 0 saturated heterocycles. The van der Waals surface area contributed by atoms with Gasteiger partial charge in [0.2, 0.25) is 0 Å². The van der Waals surface area contributed by atoms with Crippen LogP contribution in [0.2, 0.25) is 0 Å². The molecule has 16 nitrogen and oxygen atoms in total. The summed E-state index contributed by atoms with van der Waals surface area (Å²) in [7, 11) is -2.87. The highest BCUT2D eigenvalue weighted by molar-refractivity contribution is 7.85. The van der Waals surface area contributed by atoms with Crippen LogP contribution in [0.4, 0.5) is 0 Å². The lowest BCUT2D eigenvalue weighted by atomic mass is 9.99. The van der Waals surface area contributed by atoms with Gasteiger partial charge >= 0.3 is 14.5 Å². The molecule has 0 saturated carbocycles. The molecule has 6 heterocycles. The molecule has 19 heteroatoms. The van der Waals surface area contributed by atoms with Crippen molar-refractivity contribution in [1.29, 1.82) is 5.26 Å². The summed E-state index contributed by atoms with van der Waals surface area (Å²) >= 11 is 0. The summed E-state index contributed by atoms with van der Waals surface area (Å²) in [5.41, 5.74) is 6.48. The summed E-state index contributed by atoms with van der Waals surface area (Å²) in [5.74, 6) is 2.62. The van der Waals surface area contributed by atoms with Gasteiger partial charge in [-0.25, -0.2) is 14.8 Å². The highest BCUT2D eigenvalue weighted by atomic mass is 32.2. The molecule has 0 aliphatic carbocycles. The van der Waals surface area contributed by atoms with Crippen LogP contribution in [0, 0.1) is 24.8 Å². The van der Waals surface area contributed by atoms with Gasteiger partial charge in [-0.1, -0.05) is 72.8 Å². The van der Waals surface area contributed by atoms with Gasteiger partial charge in [-0.15, -0.1) is 0 Å². The van der Waals surface area contributed by atoms with E-state index < -0.39 is 30.4 Å². The molecule has 0 bridgehead atoms. The Morgan fingerprint density at radius 2 is 1.18 bits per heavy atom. The highest BCUT2D eigenvalue weighted by Gasteiger charge is 2.45. The number of rotatable bonds is 11. The largest absolute Gasteiger partial charge is 0.743 e. The molecule has 0 atom stereocenters. The van der Waals surface area contributed by atoms with Gasteiger partial charge in [-0.2, -0.15) is 13.7 Å². The van der Waals surface area contributed by atoms with E-state index in [9.17, 15) is 24.8 Å². The van der Waals surface area contributed by atoms with E-state index in [1.54, 1.807) is 12.1 Å². The Kier molecular flexibility index (Phi) is 10.9. The number of ether oxygens (including phenoxy) is 1. The van der Waals surface area contributed by atoms with Gasteiger partial charge in [0.1, 0.15) is 46.2 Å². The van der Waals surface area contributed by atoms with Crippen LogP contribution in [0.15, 0.2) is 146 Å². The molecule has 1 N–H and O–H groups in total. The maximum Gasteiger partial charge on any atom is 0.743 e. The SMILES string of the molecule is [C-]#[N+]/C(c1nc2ccccc2n1C)=c1\c2c(-c3ccccc3C)n(B3Oc4ccccc4O3)/c(=C(/C#N)c3nc4ccccc4n3C)c2c(-c2ccc(OCCCS(=O)(=O)O)cc2)n1B1Oc2ccccc2O1. The van der Waals surface area contributed by atoms with E-state index in [1.165, 1.54) is 0 Å². The molecular formula is C54H40B2N8O8S. The van der Waals surface area contributed by atoms with Crippen LogP contribution < -0.4 is 34.1 Å². The van der Waals surface area contributed by atoms with E-state index in [0.717, 1.165) is 22.2 Å². The van der Waals surface area contributed by atoms with E-state index >= 15 is 0 Å². The summed E-state index contributed by atoms with van der Waals surface area (Å²) in [6.45, 7) is 11.3. The lowest BCUT2D eigenvalue weighted by Gasteiger charge is -2.18. The van der Waals surface area contributed by atoms with Crippen LogP contribution in [0.5, 0.6) is 28.7 Å². The molecule has 356 valence electrons. The van der Waals surface area contributed by atoms with Gasteiger partial charge < -0.3 is 41.4 Å². The topological polar surface area (TPSA) is 174 Å². The number of nitrogens with zero attached hydrogens (tertiary/aromatic N) is 8. The van der Waals surface area contributed by atoms with E-state index in [-0.39, 0.29) is 24.3 Å². The number of nitriles is 1. The first-order valence-electron chi connectivity index (χ1n) is 23.3. The Bertz CT molecular complexity index is 4090. The third kappa shape index (κ3) is 7.52. The van der Waals surface area contributed by atoms with E-state index in [0.29, 0.717) is 89.9 Å². The zero-order chi connectivity index (χ0) is 50.1. The predicted molar refractivity (Wildman–Crippen MR) is 278 cm³/mol. The zero-order valence-electron chi connectivity index (χ0n) is 39.4. The standard InChI is InChI=1S/C54H40B2N8O8S/c1-33-16-5-6-17-36(33)50-47-46(51(64(50)56-71-44-24-13-14-25-45(44)72-56)37(32-57)53-59-38-18-7-9-20-40(38)61(53)3)49(34-26-28-35(29-27-34)68-30-15-31-73(65,66)67)63(55-69-42-22-11-12-23-43(42)70-55)52(47)48(58-2)54-60-39-19-8-10-21-41(39)62(54)4/h5-14,16-29H,15,30-31H2,1,3-4H3,(H,65,66,67)/b51-37-,52-48+. The molecule has 6 aromatic carbocycles. The van der Waals surface area contributed by atoms with Crippen LogP contribution in [-0.2, 0) is 24.2 Å². The second kappa shape index (κ2) is 17.6. The normalized spacial score (nSPS) is 13.7. The summed E-state index contributed by atoms with van der Waals surface area (Å²) in [6, 6.07) is 47.7. The average Bonchev–Trinajstić information content (AvgIpc) is 4.26. The minimum atomic E-state index is -4.19. The Morgan fingerprint density at radius 3 is 1.71 bits per heavy atom. The maximum absolute atomic E-state index is 11.9. The average molecular weight is 983 g/mol. The summed E-state index contributed by atoms with van der Waals surface area (Å²) in [6.07, 6.45) is 0.0600. The monoisotopic (exact) mass is 982 g/mol. The molecule has 0 unspecified atom stereocenters. The molecule has 0 fully saturated rings. The number of hydrogen-bond donors (Lipinski definition) is 1. The van der Waals surface area contributed by atoms with Crippen LogP contribution >= 0.6 is 0 Å². The van der Waals surface area contributed by atoms with E-state index in [4.69, 9.17) is 33.3 Å². The van der Waals surface area contributed by atoms with Gasteiger partial charge in [0, 0.05) is 30.4 Å². The van der Waals surface area contributed by atoms with Gasteiger partial charge in [0.15, 0.2) is 5.82 Å². The summed E-state index contributed by atoms with van der Waals surface area (Å²) < 4.78 is 73.2. The number of imidazole rings is 2. The third-order valence-corrected chi connectivity index (χ3v) is 14.0. The van der Waals surface area contributed by atoms with E-state index in [2.05, 4.69) is 10.9 Å². The Labute approximate surface area is 418 Å². The molecule has 2 aliphatic rings. The molecule has 2 aliphatic heterocycles. The van der Waals surface area contributed by atoms with Crippen molar-refractivity contribution in [3.05, 3.63) is 185 Å². The summed E-state index contributed by atoms with van der Waals surface area (Å²) in [5, 5.41) is 13.6. The van der Waals surface area contributed by atoms with Crippen LogP contribution in [0.1, 0.15) is 23.6 Å². The highest BCUT2D eigenvalue weighted by Crippen LogP contribution is 2.42. The predicted octanol–water partition coefficient (Wildman–Crippen LogP) is 7.92. The smallest absolute Gasteiger partial charge is 0.503 e. The van der Waals surface area contributed by atoms with Crippen molar-refractivity contribution in [2.75, 3.05) is 12.4 Å². The van der Waals surface area contributed by atoms with Crippen molar-refractivity contribution in [3.63, 3.8) is 0 Å². The molecular weight excluding hydrogens is 942 g/mol. The van der Waals surface area contributed by atoms with Gasteiger partial charge in [-0.05, 0) is 97.3 Å². The van der Waals surface area contributed by atoms with E-state index in [1.807, 2.05) is 173 Å². The number of hydrogen-bond acceptors (Lipinski definition) is 10. The molecule has 0 spiro atoms. The first-order chi connectivity index (χ1) is 35.5. The Hall–Kier alpha value is -9.16. The molecule has 12 rings (SSSR count). The minimum absolute atomic E-state index is 0.0162. The number of aryl methyl sites for hydroxylation is 3. The van der Waals surface area contributed by atoms with Crippen molar-refractivity contribution in [3.8, 4) is 57.3 Å². The second-order valence-corrected chi connectivity index (χ2v) is 19.2. The van der Waals surface area contributed by atoms with Gasteiger partial charge in [0.25, 0.3) is 15.8 Å². The minimum Gasteiger partial charge on any atom is -0.503 e. The number of fused-ring (bicyclic) bond motifs is 5. The molecule has 4 aromatic heterocycles. The van der Waals surface area contributed by atoms with Crippen molar-refractivity contribution < 1.29 is 36.3 Å². The van der Waals surface area contributed by atoms with Crippen LogP contribution in [0.3, 0.4) is 0 Å². The first-order valence-corrected chi connectivity index (χ1v) is 24.9. The fraction of sp³-hybridized carbons (Fsp3) is 0.111. The van der Waals surface area contributed by atoms with Crippen molar-refractivity contribution in [1.82, 2.24) is 28.1 Å². The second-order valence-electron chi connectivity index (χ2n) is 17.6. The van der Waals surface area contributed by atoms with Crippen molar-refractivity contribution in [2.45, 2.75) is 13.3 Å². The van der Waals surface area contributed by atoms with Crippen LogP contribution in [0.25, 0.3) is 71.5 Å². The molecule has 10 aromatic rings. The maximum atomic E-state index is 11.9. The zero-order valence-corrected chi connectivity index (χ0v) is 40.2. The van der Waals surface area contributed by atoms with Crippen molar-refractivity contribution in [2.24, 2.45) is 14.1 Å². The fourth-order valence-corrected chi connectivity index (χ4v) is 10.4. The lowest BCUT2D eigenvalue weighted by Crippen LogP contribution is -2.44.